The number of carbonyl (C=O) groups excluding carboxylic acids is 2. The topological polar surface area (TPSA) is 65.9 Å². The molecule has 0 atom stereocenters. The van der Waals surface area contributed by atoms with Gasteiger partial charge in [0.1, 0.15) is 0 Å². The summed E-state index contributed by atoms with van der Waals surface area (Å²) in [4.78, 5) is 25.2. The van der Waals surface area contributed by atoms with Crippen molar-refractivity contribution < 1.29 is 14.5 Å². The fraction of sp³-hybridized carbons (Fsp3) is 0.429. The quantitative estimate of drug-likeness (QED) is 0.694. The van der Waals surface area contributed by atoms with E-state index < -0.39 is 0 Å². The molecule has 1 aromatic rings. The lowest BCUT2D eigenvalue weighted by Crippen LogP contribution is -3.12. The van der Waals surface area contributed by atoms with Crippen LogP contribution in [0.5, 0.6) is 0 Å². The van der Waals surface area contributed by atoms with Gasteiger partial charge in [-0.05, 0) is 18.2 Å². The van der Waals surface area contributed by atoms with Gasteiger partial charge in [0.15, 0.2) is 0 Å². The summed E-state index contributed by atoms with van der Waals surface area (Å²) in [6.07, 6.45) is 0. The number of hydrogen-bond acceptors (Lipinski definition) is 3. The van der Waals surface area contributed by atoms with Crippen molar-refractivity contribution in [3.05, 3.63) is 33.8 Å². The number of nitrogens with zero attached hydrogens (tertiary/aromatic N) is 1. The number of piperazine rings is 1. The lowest BCUT2D eigenvalue weighted by atomic mass is 10.2. The molecule has 6 nitrogen and oxygen atoms in total. The molecule has 1 saturated heterocycles. The van der Waals surface area contributed by atoms with Crippen molar-refractivity contribution in [2.45, 2.75) is 0 Å². The molecule has 2 rings (SSSR count). The number of rotatable bonds is 4. The van der Waals surface area contributed by atoms with Gasteiger partial charge in [-0.1, -0.05) is 23.2 Å². The number of hydrogen-bond donors (Lipinski definition) is 3. The van der Waals surface area contributed by atoms with Crippen LogP contribution in [0, 0.1) is 0 Å². The van der Waals surface area contributed by atoms with Crippen LogP contribution in [0.2, 0.25) is 10.0 Å². The van der Waals surface area contributed by atoms with Crippen molar-refractivity contribution in [3.63, 3.8) is 0 Å². The minimum Gasteiger partial charge on any atom is -0.343 e. The molecule has 0 saturated carbocycles. The highest BCUT2D eigenvalue weighted by Gasteiger charge is 2.18. The van der Waals surface area contributed by atoms with Crippen LogP contribution < -0.4 is 15.6 Å². The maximum atomic E-state index is 11.9. The Morgan fingerprint density at radius 3 is 2.55 bits per heavy atom. The molecule has 0 aromatic heterocycles. The average Bonchev–Trinajstić information content (AvgIpc) is 2.50. The molecular formula is C14H19Cl2N4O2+. The molecule has 0 spiro atoms. The van der Waals surface area contributed by atoms with Gasteiger partial charge in [-0.15, -0.1) is 0 Å². The van der Waals surface area contributed by atoms with Gasteiger partial charge in [0.05, 0.1) is 49.8 Å². The van der Waals surface area contributed by atoms with E-state index in [1.165, 1.54) is 11.0 Å². The standard InChI is InChI=1S/C14H18Cl2N4O2/c1-19-4-6-20(7-5-19)18-13(21)9-17-14(22)10-2-3-11(15)12(16)8-10/h2-3,8H,4-7,9H2,1H3,(H,17,22)(H,18,21)/p+1. The SMILES string of the molecule is C[NH+]1CCN(NC(=O)CNC(=O)c2ccc(Cl)c(Cl)c2)CC1. The van der Waals surface area contributed by atoms with E-state index in [4.69, 9.17) is 23.2 Å². The van der Waals surface area contributed by atoms with Gasteiger partial charge in [-0.2, -0.15) is 0 Å². The molecule has 1 aromatic carbocycles. The first-order valence-corrected chi connectivity index (χ1v) is 7.80. The zero-order valence-corrected chi connectivity index (χ0v) is 13.8. The van der Waals surface area contributed by atoms with Crippen LogP contribution >= 0.6 is 23.2 Å². The van der Waals surface area contributed by atoms with Gasteiger partial charge in [0.2, 0.25) is 0 Å². The highest BCUT2D eigenvalue weighted by molar-refractivity contribution is 6.42. The second-order valence-corrected chi connectivity index (χ2v) is 6.11. The Morgan fingerprint density at radius 2 is 1.91 bits per heavy atom. The van der Waals surface area contributed by atoms with Crippen LogP contribution in [0.25, 0.3) is 0 Å². The molecular weight excluding hydrogens is 327 g/mol. The van der Waals surface area contributed by atoms with Gasteiger partial charge >= 0.3 is 0 Å². The average molecular weight is 346 g/mol. The highest BCUT2D eigenvalue weighted by Crippen LogP contribution is 2.22. The number of amides is 2. The van der Waals surface area contributed by atoms with Crippen LogP contribution in [0.15, 0.2) is 18.2 Å². The van der Waals surface area contributed by atoms with Crippen LogP contribution in [0.4, 0.5) is 0 Å². The van der Waals surface area contributed by atoms with E-state index in [9.17, 15) is 9.59 Å². The summed E-state index contributed by atoms with van der Waals surface area (Å²) < 4.78 is 0. The second kappa shape index (κ2) is 7.78. The van der Waals surface area contributed by atoms with Crippen LogP contribution in [0.3, 0.4) is 0 Å². The molecule has 1 aliphatic rings. The largest absolute Gasteiger partial charge is 0.343 e. The van der Waals surface area contributed by atoms with E-state index in [2.05, 4.69) is 17.8 Å². The minimum absolute atomic E-state index is 0.0850. The minimum atomic E-state index is -0.364. The predicted molar refractivity (Wildman–Crippen MR) is 85.1 cm³/mol. The van der Waals surface area contributed by atoms with Gasteiger partial charge in [0.25, 0.3) is 11.8 Å². The Bertz CT molecular complexity index is 560. The number of nitrogens with one attached hydrogen (secondary N) is 3. The molecule has 2 amide bonds. The Balaban J connectivity index is 1.78. The van der Waals surface area contributed by atoms with Gasteiger partial charge in [0, 0.05) is 5.56 Å². The van der Waals surface area contributed by atoms with Gasteiger partial charge < -0.3 is 10.2 Å². The lowest BCUT2D eigenvalue weighted by Gasteiger charge is -2.30. The van der Waals surface area contributed by atoms with Crippen molar-refractivity contribution >= 4 is 35.0 Å². The van der Waals surface area contributed by atoms with E-state index in [1.54, 1.807) is 12.1 Å². The van der Waals surface area contributed by atoms with Gasteiger partial charge in [-0.3, -0.25) is 15.0 Å². The van der Waals surface area contributed by atoms with Crippen molar-refractivity contribution in [2.24, 2.45) is 0 Å². The van der Waals surface area contributed by atoms with E-state index in [-0.39, 0.29) is 18.4 Å². The lowest BCUT2D eigenvalue weighted by molar-refractivity contribution is -0.884. The van der Waals surface area contributed by atoms with Gasteiger partial charge in [-0.25, -0.2) is 5.01 Å². The first-order chi connectivity index (χ1) is 10.5. The molecule has 22 heavy (non-hydrogen) atoms. The Labute approximate surface area is 139 Å². The summed E-state index contributed by atoms with van der Waals surface area (Å²) in [7, 11) is 2.12. The fourth-order valence-electron chi connectivity index (χ4n) is 2.12. The number of quaternary nitrogens is 1. The predicted octanol–water partition coefficient (Wildman–Crippen LogP) is -0.415. The molecule has 1 heterocycles. The van der Waals surface area contributed by atoms with E-state index in [1.807, 2.05) is 5.01 Å². The summed E-state index contributed by atoms with van der Waals surface area (Å²) in [5.74, 6) is -0.607. The summed E-state index contributed by atoms with van der Waals surface area (Å²) in [6.45, 7) is 3.49. The Kier molecular flexibility index (Phi) is 6.02. The Hall–Kier alpha value is -1.34. The second-order valence-electron chi connectivity index (χ2n) is 5.29. The summed E-state index contributed by atoms with van der Waals surface area (Å²) >= 11 is 11.7. The van der Waals surface area contributed by atoms with E-state index in [0.29, 0.717) is 15.6 Å². The summed E-state index contributed by atoms with van der Waals surface area (Å²) in [5.41, 5.74) is 3.15. The van der Waals surface area contributed by atoms with E-state index in [0.717, 1.165) is 26.2 Å². The third-order valence-corrected chi connectivity index (χ3v) is 4.23. The third-order valence-electron chi connectivity index (χ3n) is 3.49. The zero-order valence-electron chi connectivity index (χ0n) is 12.3. The molecule has 1 fully saturated rings. The zero-order chi connectivity index (χ0) is 16.1. The summed E-state index contributed by atoms with van der Waals surface area (Å²) in [6, 6.07) is 4.58. The normalized spacial score (nSPS) is 16.3. The van der Waals surface area contributed by atoms with Crippen LogP contribution in [0.1, 0.15) is 10.4 Å². The first-order valence-electron chi connectivity index (χ1n) is 7.04. The first kappa shape index (κ1) is 17.0. The van der Waals surface area contributed by atoms with Crippen molar-refractivity contribution in [1.29, 1.82) is 0 Å². The number of halogens is 2. The third kappa shape index (κ3) is 4.84. The Morgan fingerprint density at radius 1 is 1.23 bits per heavy atom. The highest BCUT2D eigenvalue weighted by atomic mass is 35.5. The number of likely N-dealkylation sites (N-methyl/N-ethyl adjacent to an activating group) is 1. The van der Waals surface area contributed by atoms with Crippen molar-refractivity contribution in [2.75, 3.05) is 39.8 Å². The number of benzene rings is 1. The molecule has 1 aliphatic heterocycles. The molecule has 0 aliphatic carbocycles. The maximum absolute atomic E-state index is 11.9. The van der Waals surface area contributed by atoms with Crippen LogP contribution in [-0.4, -0.2) is 56.6 Å². The van der Waals surface area contributed by atoms with E-state index >= 15 is 0 Å². The van der Waals surface area contributed by atoms with Crippen molar-refractivity contribution in [1.82, 2.24) is 15.8 Å². The molecule has 8 heteroatoms. The molecule has 3 N–H and O–H groups in total. The number of hydrazine groups is 1. The smallest absolute Gasteiger partial charge is 0.253 e. The molecule has 0 unspecified atom stereocenters. The molecule has 0 radical (unpaired) electrons. The van der Waals surface area contributed by atoms with Crippen molar-refractivity contribution in [3.8, 4) is 0 Å². The summed E-state index contributed by atoms with van der Waals surface area (Å²) in [5, 5.41) is 5.12. The number of carbonyl (C=O) groups is 2. The maximum Gasteiger partial charge on any atom is 0.253 e. The molecule has 120 valence electrons. The fourth-order valence-corrected chi connectivity index (χ4v) is 2.41. The van der Waals surface area contributed by atoms with Crippen LogP contribution in [-0.2, 0) is 4.79 Å². The molecule has 0 bridgehead atoms. The monoisotopic (exact) mass is 345 g/mol.